The number of pyridine rings is 2. The smallest absolute Gasteiger partial charge is 0.0730 e. The summed E-state index contributed by atoms with van der Waals surface area (Å²) in [6.07, 6.45) is 5.89. The minimum Gasteiger partial charge on any atom is -0.309 e. The zero-order valence-electron chi connectivity index (χ0n) is 34.1. The monoisotopic (exact) mass is 803 g/mol. The van der Waals surface area contributed by atoms with Crippen LogP contribution in [0.25, 0.3) is 116 Å². The lowest BCUT2D eigenvalue weighted by Gasteiger charge is -2.18. The molecule has 0 aliphatic carbocycles. The van der Waals surface area contributed by atoms with Crippen LogP contribution in [0.2, 0.25) is 0 Å². The van der Waals surface area contributed by atoms with Gasteiger partial charge in [-0.05, 0) is 83.9 Å². The first-order chi connectivity index (χ1) is 31.3. The van der Waals surface area contributed by atoms with Gasteiger partial charge >= 0.3 is 0 Å². The number of fused-ring (bicyclic) bond motifs is 9. The maximum Gasteiger partial charge on any atom is 0.0730 e. The summed E-state index contributed by atoms with van der Waals surface area (Å²) >= 11 is 0. The van der Waals surface area contributed by atoms with Crippen LogP contribution in [0.15, 0.2) is 225 Å². The average Bonchev–Trinajstić information content (AvgIpc) is 3.99. The molecule has 0 aliphatic heterocycles. The number of hydrogen-bond acceptors (Lipinski definition) is 2. The standard InChI is InChI=1S/C58H37N5/c1-2-14-38(15-3-1)49-36-59-37-57(58(49)40-27-25-39(26-28-40)50-20-12-13-33-60-50)63-55-31-29-41(61-51-21-8-4-16-43(51)44-17-5-9-22-52(44)61)34-47(55)48-35-42(30-32-56(48)63)62-53-23-10-6-18-45(53)46-19-7-11-24-54(46)62/h1-37H. The molecule has 0 N–H and O–H groups in total. The molecule has 0 saturated heterocycles. The van der Waals surface area contributed by atoms with E-state index in [1.165, 1.54) is 43.6 Å². The second-order valence-corrected chi connectivity index (χ2v) is 16.2. The third-order valence-electron chi connectivity index (χ3n) is 12.8. The molecule has 0 saturated carbocycles. The van der Waals surface area contributed by atoms with Crippen molar-refractivity contribution >= 4 is 65.4 Å². The first kappa shape index (κ1) is 35.2. The third-order valence-corrected chi connectivity index (χ3v) is 12.8. The highest BCUT2D eigenvalue weighted by atomic mass is 15.0. The van der Waals surface area contributed by atoms with Crippen molar-refractivity contribution in [1.29, 1.82) is 0 Å². The Kier molecular flexibility index (Phi) is 7.84. The van der Waals surface area contributed by atoms with Crippen molar-refractivity contribution in [2.24, 2.45) is 0 Å². The lowest BCUT2D eigenvalue weighted by molar-refractivity contribution is 1.14. The van der Waals surface area contributed by atoms with Gasteiger partial charge in [0.2, 0.25) is 0 Å². The van der Waals surface area contributed by atoms with Crippen molar-refractivity contribution in [3.63, 3.8) is 0 Å². The molecule has 294 valence electrons. The summed E-state index contributed by atoms with van der Waals surface area (Å²) in [6.45, 7) is 0. The minimum atomic E-state index is 0.947. The van der Waals surface area contributed by atoms with E-state index in [0.717, 1.165) is 72.4 Å². The van der Waals surface area contributed by atoms with Gasteiger partial charge in [-0.3, -0.25) is 9.97 Å². The van der Waals surface area contributed by atoms with Gasteiger partial charge < -0.3 is 13.7 Å². The summed E-state index contributed by atoms with van der Waals surface area (Å²) in [5.74, 6) is 0. The average molecular weight is 804 g/mol. The number of benzene rings is 8. The predicted octanol–water partition coefficient (Wildman–Crippen LogP) is 14.8. The highest BCUT2D eigenvalue weighted by molar-refractivity contribution is 6.14. The number of aromatic nitrogens is 5. The van der Waals surface area contributed by atoms with Crippen LogP contribution in [-0.4, -0.2) is 23.7 Å². The van der Waals surface area contributed by atoms with Crippen LogP contribution in [0.4, 0.5) is 0 Å². The molecule has 0 fully saturated rings. The molecule has 5 nitrogen and oxygen atoms in total. The molecular weight excluding hydrogens is 767 g/mol. The molecule has 5 aromatic heterocycles. The summed E-state index contributed by atoms with van der Waals surface area (Å²) < 4.78 is 7.25. The van der Waals surface area contributed by atoms with Crippen LogP contribution in [0.1, 0.15) is 0 Å². The Morgan fingerprint density at radius 2 is 0.778 bits per heavy atom. The van der Waals surface area contributed by atoms with E-state index in [2.05, 4.69) is 213 Å². The largest absolute Gasteiger partial charge is 0.309 e. The Labute approximate surface area is 363 Å². The Bertz CT molecular complexity index is 3620. The Morgan fingerprint density at radius 1 is 0.317 bits per heavy atom. The first-order valence-electron chi connectivity index (χ1n) is 21.4. The molecule has 5 heteroatoms. The molecule has 0 radical (unpaired) electrons. The lowest BCUT2D eigenvalue weighted by atomic mass is 9.94. The van der Waals surface area contributed by atoms with Crippen LogP contribution >= 0.6 is 0 Å². The molecule has 0 unspecified atom stereocenters. The van der Waals surface area contributed by atoms with E-state index in [1.54, 1.807) is 0 Å². The van der Waals surface area contributed by atoms with Gasteiger partial charge in [-0.25, -0.2) is 0 Å². The van der Waals surface area contributed by atoms with Gasteiger partial charge in [-0.15, -0.1) is 0 Å². The van der Waals surface area contributed by atoms with Crippen molar-refractivity contribution in [3.8, 4) is 50.6 Å². The van der Waals surface area contributed by atoms with Crippen molar-refractivity contribution in [2.75, 3.05) is 0 Å². The quantitative estimate of drug-likeness (QED) is 0.168. The number of hydrogen-bond donors (Lipinski definition) is 0. The summed E-state index contributed by atoms with van der Waals surface area (Å²) in [5, 5.41) is 7.29. The number of para-hydroxylation sites is 4. The molecule has 0 atom stereocenters. The van der Waals surface area contributed by atoms with Crippen LogP contribution in [-0.2, 0) is 0 Å². The van der Waals surface area contributed by atoms with Gasteiger partial charge in [0.05, 0.1) is 50.7 Å². The van der Waals surface area contributed by atoms with E-state index >= 15 is 0 Å². The summed E-state index contributed by atoms with van der Waals surface area (Å²) in [4.78, 5) is 9.64. The fourth-order valence-corrected chi connectivity index (χ4v) is 10.0. The van der Waals surface area contributed by atoms with Crippen molar-refractivity contribution in [3.05, 3.63) is 225 Å². The Morgan fingerprint density at radius 3 is 1.29 bits per heavy atom. The van der Waals surface area contributed by atoms with Gasteiger partial charge in [0.25, 0.3) is 0 Å². The number of rotatable bonds is 6. The van der Waals surface area contributed by atoms with E-state index in [4.69, 9.17) is 4.98 Å². The maximum atomic E-state index is 5.00. The SMILES string of the molecule is c1ccc(-c2cncc(-n3c4ccc(-n5c6ccccc6c6ccccc65)cc4c4cc(-n5c6ccccc6c6ccccc65)ccc43)c2-c2ccc(-c3ccccn3)cc2)cc1. The van der Waals surface area contributed by atoms with Gasteiger partial charge in [0.15, 0.2) is 0 Å². The van der Waals surface area contributed by atoms with Gasteiger partial charge in [-0.1, -0.05) is 133 Å². The molecule has 8 aromatic carbocycles. The van der Waals surface area contributed by atoms with Gasteiger partial charge in [0.1, 0.15) is 0 Å². The van der Waals surface area contributed by atoms with Gasteiger partial charge in [0, 0.05) is 72.8 Å². The molecule has 0 aliphatic rings. The second kappa shape index (κ2) is 14.0. The lowest BCUT2D eigenvalue weighted by Crippen LogP contribution is -2.01. The molecular formula is C58H37N5. The molecule has 13 aromatic rings. The molecule has 63 heavy (non-hydrogen) atoms. The highest BCUT2D eigenvalue weighted by Crippen LogP contribution is 2.43. The topological polar surface area (TPSA) is 40.6 Å². The fourth-order valence-electron chi connectivity index (χ4n) is 10.0. The molecule has 0 spiro atoms. The highest BCUT2D eigenvalue weighted by Gasteiger charge is 2.22. The zero-order chi connectivity index (χ0) is 41.4. The van der Waals surface area contributed by atoms with Crippen molar-refractivity contribution < 1.29 is 0 Å². The van der Waals surface area contributed by atoms with E-state index in [9.17, 15) is 0 Å². The molecule has 0 amide bonds. The van der Waals surface area contributed by atoms with E-state index < -0.39 is 0 Å². The van der Waals surface area contributed by atoms with E-state index in [1.807, 2.05) is 30.7 Å². The molecule has 5 heterocycles. The normalized spacial score (nSPS) is 11.8. The summed E-state index contributed by atoms with van der Waals surface area (Å²) in [6, 6.07) is 74.3. The van der Waals surface area contributed by atoms with Crippen LogP contribution < -0.4 is 0 Å². The molecule has 0 bridgehead atoms. The Balaban J connectivity index is 1.12. The predicted molar refractivity (Wildman–Crippen MR) is 261 cm³/mol. The summed E-state index contributed by atoms with van der Waals surface area (Å²) in [7, 11) is 0. The Hall–Kier alpha value is -8.54. The van der Waals surface area contributed by atoms with Crippen molar-refractivity contribution in [1.82, 2.24) is 23.7 Å². The second-order valence-electron chi connectivity index (χ2n) is 16.2. The van der Waals surface area contributed by atoms with E-state index in [0.29, 0.717) is 0 Å². The van der Waals surface area contributed by atoms with Crippen LogP contribution in [0.5, 0.6) is 0 Å². The number of nitrogens with zero attached hydrogens (tertiary/aromatic N) is 5. The first-order valence-corrected chi connectivity index (χ1v) is 21.4. The molecule has 13 rings (SSSR count). The third kappa shape index (κ3) is 5.43. The van der Waals surface area contributed by atoms with Crippen molar-refractivity contribution in [2.45, 2.75) is 0 Å². The van der Waals surface area contributed by atoms with Crippen LogP contribution in [0, 0.1) is 0 Å². The van der Waals surface area contributed by atoms with Crippen LogP contribution in [0.3, 0.4) is 0 Å². The zero-order valence-corrected chi connectivity index (χ0v) is 34.1. The fraction of sp³-hybridized carbons (Fsp3) is 0. The summed E-state index contributed by atoms with van der Waals surface area (Å²) in [5.41, 5.74) is 16.6. The maximum absolute atomic E-state index is 5.00. The van der Waals surface area contributed by atoms with E-state index in [-0.39, 0.29) is 0 Å². The minimum absolute atomic E-state index is 0.947. The van der Waals surface area contributed by atoms with Gasteiger partial charge in [-0.2, -0.15) is 0 Å².